The number of nitrogens with zero attached hydrogens (tertiary/aromatic N) is 3. The van der Waals surface area contributed by atoms with Crippen molar-refractivity contribution in [1.29, 1.82) is 5.26 Å². The zero-order chi connectivity index (χ0) is 20.3. The number of aromatic nitrogens is 2. The molecule has 0 bridgehead atoms. The van der Waals surface area contributed by atoms with Crippen molar-refractivity contribution in [3.8, 4) is 6.07 Å². The molecule has 2 atom stereocenters. The second-order valence-electron chi connectivity index (χ2n) is 6.63. The Morgan fingerprint density at radius 1 is 1.36 bits per heavy atom. The Labute approximate surface area is 170 Å². The molecule has 2 aromatic rings. The molecular weight excluding hydrogens is 426 g/mol. The molecule has 28 heavy (non-hydrogen) atoms. The number of nitrogens with one attached hydrogen (secondary N) is 1. The molecule has 3 rings (SSSR count). The van der Waals surface area contributed by atoms with Crippen molar-refractivity contribution in [3.05, 3.63) is 40.0 Å². The number of primary amides is 1. The van der Waals surface area contributed by atoms with Gasteiger partial charge in [0.15, 0.2) is 5.82 Å². The Morgan fingerprint density at radius 3 is 2.79 bits per heavy atom. The number of hydrogen-bond donors (Lipinski definition) is 2. The van der Waals surface area contributed by atoms with Gasteiger partial charge in [0, 0.05) is 16.4 Å². The van der Waals surface area contributed by atoms with Gasteiger partial charge in [-0.25, -0.2) is 4.79 Å². The van der Waals surface area contributed by atoms with Crippen LogP contribution in [0.2, 0.25) is 0 Å². The molecule has 0 spiro atoms. The molecule has 1 fully saturated rings. The summed E-state index contributed by atoms with van der Waals surface area (Å²) in [5.74, 6) is -0.979. The molecule has 1 amide bonds. The number of nitrogens with two attached hydrogens (primary N) is 1. The minimum atomic E-state index is -0.622. The maximum absolute atomic E-state index is 11.9. The summed E-state index contributed by atoms with van der Waals surface area (Å²) in [6, 6.07) is 7.27. The lowest BCUT2D eigenvalue weighted by Crippen LogP contribution is -2.22. The van der Waals surface area contributed by atoms with E-state index in [1.807, 2.05) is 0 Å². The highest BCUT2D eigenvalue weighted by atomic mass is 79.9. The average molecular weight is 446 g/mol. The predicted octanol–water partition coefficient (Wildman–Crippen LogP) is 3.53. The third kappa shape index (κ3) is 4.02. The molecule has 146 valence electrons. The molecule has 3 N–H and O–H groups in total. The van der Waals surface area contributed by atoms with Crippen molar-refractivity contribution < 1.29 is 14.3 Å². The molecule has 1 saturated carbocycles. The molecule has 9 heteroatoms. The highest BCUT2D eigenvalue weighted by Gasteiger charge is 2.29. The number of hydrogen-bond acceptors (Lipinski definition) is 6. The van der Waals surface area contributed by atoms with Crippen LogP contribution >= 0.6 is 15.9 Å². The van der Waals surface area contributed by atoms with Crippen molar-refractivity contribution >= 4 is 39.3 Å². The topological polar surface area (TPSA) is 123 Å². The Kier molecular flexibility index (Phi) is 5.99. The Hall–Kier alpha value is -2.86. The Morgan fingerprint density at radius 2 is 2.11 bits per heavy atom. The Balaban J connectivity index is 1.94. The first-order valence-corrected chi connectivity index (χ1v) is 9.67. The predicted molar refractivity (Wildman–Crippen MR) is 106 cm³/mol. The molecule has 1 heterocycles. The number of nitriles is 1. The molecule has 1 aliphatic carbocycles. The van der Waals surface area contributed by atoms with Crippen molar-refractivity contribution in [2.75, 3.05) is 12.4 Å². The van der Waals surface area contributed by atoms with Crippen molar-refractivity contribution in [2.45, 2.75) is 31.7 Å². The fourth-order valence-corrected chi connectivity index (χ4v) is 3.83. The summed E-state index contributed by atoms with van der Waals surface area (Å²) < 4.78 is 7.02. The van der Waals surface area contributed by atoms with E-state index in [9.17, 15) is 14.9 Å². The lowest BCUT2D eigenvalue weighted by Gasteiger charge is -2.26. The summed E-state index contributed by atoms with van der Waals surface area (Å²) in [5, 5.41) is 17.0. The number of carbonyl (C=O) groups excluding carboxylic acids is 2. The molecule has 1 aromatic heterocycles. The number of rotatable bonds is 5. The van der Waals surface area contributed by atoms with Gasteiger partial charge >= 0.3 is 5.97 Å². The third-order valence-electron chi connectivity index (χ3n) is 4.87. The van der Waals surface area contributed by atoms with Crippen LogP contribution in [0.3, 0.4) is 0 Å². The second-order valence-corrected chi connectivity index (χ2v) is 7.49. The standard InChI is InChI=1S/C19H20BrN5O3/c1-28-19(27)13-8-12(6-7-15(13)20)23-18-14(17(22)26)10-25(24-18)16-5-3-2-4-11(16)9-21/h6-8,10-11,16H,2-5H2,1H3,(H2,22,26)(H,23,24)/t11?,16-/m0/s1. The molecule has 1 unspecified atom stereocenters. The van der Waals surface area contributed by atoms with Crippen LogP contribution in [0.25, 0.3) is 0 Å². The number of benzene rings is 1. The number of carbonyl (C=O) groups is 2. The van der Waals surface area contributed by atoms with Crippen LogP contribution in [-0.2, 0) is 4.74 Å². The van der Waals surface area contributed by atoms with E-state index in [1.165, 1.54) is 7.11 Å². The normalized spacial score (nSPS) is 18.9. The van der Waals surface area contributed by atoms with Crippen LogP contribution < -0.4 is 11.1 Å². The van der Waals surface area contributed by atoms with Gasteiger partial charge in [-0.3, -0.25) is 9.48 Å². The number of amides is 1. The fraction of sp³-hybridized carbons (Fsp3) is 0.368. The van der Waals surface area contributed by atoms with E-state index in [4.69, 9.17) is 10.5 Å². The van der Waals surface area contributed by atoms with Crippen molar-refractivity contribution in [3.63, 3.8) is 0 Å². The summed E-state index contributed by atoms with van der Waals surface area (Å²) in [6.07, 6.45) is 5.24. The lowest BCUT2D eigenvalue weighted by atomic mass is 9.85. The lowest BCUT2D eigenvalue weighted by molar-refractivity contribution is 0.0599. The number of halogens is 1. The number of ether oxygens (including phenoxy) is 1. The Bertz CT molecular complexity index is 950. The highest BCUT2D eigenvalue weighted by molar-refractivity contribution is 9.10. The van der Waals surface area contributed by atoms with Crippen LogP contribution in [0, 0.1) is 17.2 Å². The van der Waals surface area contributed by atoms with E-state index in [0.29, 0.717) is 15.7 Å². The zero-order valence-electron chi connectivity index (χ0n) is 15.3. The number of methoxy groups -OCH3 is 1. The third-order valence-corrected chi connectivity index (χ3v) is 5.56. The average Bonchev–Trinajstić information content (AvgIpc) is 3.12. The minimum Gasteiger partial charge on any atom is -0.465 e. The van der Waals surface area contributed by atoms with Gasteiger partial charge in [-0.15, -0.1) is 0 Å². The monoisotopic (exact) mass is 445 g/mol. The van der Waals surface area contributed by atoms with Crippen LogP contribution in [-0.4, -0.2) is 28.8 Å². The van der Waals surface area contributed by atoms with E-state index in [-0.39, 0.29) is 23.3 Å². The minimum absolute atomic E-state index is 0.0945. The van der Waals surface area contributed by atoms with Crippen LogP contribution in [0.5, 0.6) is 0 Å². The van der Waals surface area contributed by atoms with Crippen molar-refractivity contribution in [2.24, 2.45) is 11.7 Å². The molecule has 0 aliphatic heterocycles. The van der Waals surface area contributed by atoms with E-state index in [1.54, 1.807) is 29.1 Å². The summed E-state index contributed by atoms with van der Waals surface area (Å²) in [6.45, 7) is 0. The van der Waals surface area contributed by atoms with Crippen molar-refractivity contribution in [1.82, 2.24) is 9.78 Å². The van der Waals surface area contributed by atoms with Crippen LogP contribution in [0.4, 0.5) is 11.5 Å². The van der Waals surface area contributed by atoms with Gasteiger partial charge in [-0.05, 0) is 47.0 Å². The summed E-state index contributed by atoms with van der Waals surface area (Å²) >= 11 is 3.31. The van der Waals surface area contributed by atoms with Gasteiger partial charge < -0.3 is 15.8 Å². The molecule has 0 saturated heterocycles. The highest BCUT2D eigenvalue weighted by Crippen LogP contribution is 2.34. The largest absolute Gasteiger partial charge is 0.465 e. The smallest absolute Gasteiger partial charge is 0.339 e. The van der Waals surface area contributed by atoms with Crippen LogP contribution in [0.15, 0.2) is 28.9 Å². The molecule has 0 radical (unpaired) electrons. The molecule has 1 aliphatic rings. The second kappa shape index (κ2) is 8.44. The van der Waals surface area contributed by atoms with Gasteiger partial charge in [0.2, 0.25) is 0 Å². The van der Waals surface area contributed by atoms with Gasteiger partial charge in [-0.1, -0.05) is 12.8 Å². The van der Waals surface area contributed by atoms with Gasteiger partial charge in [0.1, 0.15) is 5.56 Å². The van der Waals surface area contributed by atoms with E-state index >= 15 is 0 Å². The quantitative estimate of drug-likeness (QED) is 0.678. The summed E-state index contributed by atoms with van der Waals surface area (Å²) in [7, 11) is 1.30. The summed E-state index contributed by atoms with van der Waals surface area (Å²) in [5.41, 5.74) is 6.64. The first-order chi connectivity index (χ1) is 13.4. The molecule has 1 aromatic carbocycles. The fourth-order valence-electron chi connectivity index (χ4n) is 3.42. The van der Waals surface area contributed by atoms with E-state index in [2.05, 4.69) is 32.4 Å². The first-order valence-electron chi connectivity index (χ1n) is 8.88. The SMILES string of the molecule is COC(=O)c1cc(Nc2nn([C@H]3CCCCC3C#N)cc2C(N)=O)ccc1Br. The van der Waals surface area contributed by atoms with E-state index in [0.717, 1.165) is 25.7 Å². The van der Waals surface area contributed by atoms with Gasteiger partial charge in [0.05, 0.1) is 30.7 Å². The maximum Gasteiger partial charge on any atom is 0.339 e. The number of anilines is 2. The summed E-state index contributed by atoms with van der Waals surface area (Å²) in [4.78, 5) is 23.8. The zero-order valence-corrected chi connectivity index (χ0v) is 16.9. The van der Waals surface area contributed by atoms with Gasteiger partial charge in [-0.2, -0.15) is 10.4 Å². The van der Waals surface area contributed by atoms with Crippen LogP contribution in [0.1, 0.15) is 52.4 Å². The molecule has 8 nitrogen and oxygen atoms in total. The molecular formula is C19H20BrN5O3. The first kappa shape index (κ1) is 19.9. The van der Waals surface area contributed by atoms with Gasteiger partial charge in [0.25, 0.3) is 5.91 Å². The maximum atomic E-state index is 11.9. The van der Waals surface area contributed by atoms with E-state index < -0.39 is 11.9 Å². The number of esters is 1.